The zero-order valence-corrected chi connectivity index (χ0v) is 16.7. The highest BCUT2D eigenvalue weighted by atomic mass is 16.5. The summed E-state index contributed by atoms with van der Waals surface area (Å²) in [5.41, 5.74) is 0.574. The molecular formula is C20H26N2O6. The summed E-state index contributed by atoms with van der Waals surface area (Å²) >= 11 is 0. The van der Waals surface area contributed by atoms with Gasteiger partial charge in [-0.2, -0.15) is 0 Å². The number of rotatable bonds is 10. The maximum absolute atomic E-state index is 12.5. The number of fused-ring (bicyclic) bond motifs is 1. The third kappa shape index (κ3) is 5.17. The van der Waals surface area contributed by atoms with Crippen molar-refractivity contribution in [3.63, 3.8) is 0 Å². The van der Waals surface area contributed by atoms with Crippen LogP contribution in [0.1, 0.15) is 21.5 Å². The van der Waals surface area contributed by atoms with Crippen LogP contribution in [0.15, 0.2) is 21.3 Å². The molecule has 0 fully saturated rings. The van der Waals surface area contributed by atoms with E-state index >= 15 is 0 Å². The van der Waals surface area contributed by atoms with E-state index in [0.717, 1.165) is 0 Å². The number of aryl methyl sites for hydroxylation is 1. The first-order chi connectivity index (χ1) is 13.4. The van der Waals surface area contributed by atoms with Gasteiger partial charge in [0, 0.05) is 20.2 Å². The van der Waals surface area contributed by atoms with Gasteiger partial charge in [-0.3, -0.25) is 9.59 Å². The lowest BCUT2D eigenvalue weighted by atomic mass is 10.0. The zero-order valence-electron chi connectivity index (χ0n) is 16.7. The van der Waals surface area contributed by atoms with Crippen LogP contribution in [-0.4, -0.2) is 64.6 Å². The van der Waals surface area contributed by atoms with Crippen LogP contribution in [-0.2, 0) is 16.0 Å². The molecule has 8 nitrogen and oxygen atoms in total. The number of hydrogen-bond acceptors (Lipinski definition) is 7. The van der Waals surface area contributed by atoms with Crippen molar-refractivity contribution in [3.05, 3.63) is 39.2 Å². The lowest BCUT2D eigenvalue weighted by Gasteiger charge is -2.14. The fourth-order valence-electron chi connectivity index (χ4n) is 2.80. The normalized spacial score (nSPS) is 11.0. The van der Waals surface area contributed by atoms with Gasteiger partial charge >= 0.3 is 5.63 Å². The zero-order chi connectivity index (χ0) is 20.7. The Kier molecular flexibility index (Phi) is 7.71. The molecule has 2 rings (SSSR count). The van der Waals surface area contributed by atoms with Crippen LogP contribution in [0.25, 0.3) is 11.0 Å². The molecule has 0 aliphatic carbocycles. The van der Waals surface area contributed by atoms with E-state index in [4.69, 9.17) is 13.9 Å². The third-order valence-electron chi connectivity index (χ3n) is 4.31. The Morgan fingerprint density at radius 2 is 2.04 bits per heavy atom. The maximum Gasteiger partial charge on any atom is 0.340 e. The van der Waals surface area contributed by atoms with Crippen molar-refractivity contribution in [3.8, 4) is 5.75 Å². The first-order valence-electron chi connectivity index (χ1n) is 8.96. The van der Waals surface area contributed by atoms with E-state index in [0.29, 0.717) is 49.3 Å². The summed E-state index contributed by atoms with van der Waals surface area (Å²) in [5.74, 6) is 0.193. The van der Waals surface area contributed by atoms with Crippen molar-refractivity contribution >= 4 is 23.2 Å². The third-order valence-corrected chi connectivity index (χ3v) is 4.31. The molecule has 28 heavy (non-hydrogen) atoms. The van der Waals surface area contributed by atoms with E-state index < -0.39 is 5.63 Å². The van der Waals surface area contributed by atoms with Crippen molar-refractivity contribution in [2.75, 3.05) is 47.5 Å². The molecule has 1 aromatic carbocycles. The quantitative estimate of drug-likeness (QED) is 0.369. The van der Waals surface area contributed by atoms with Crippen LogP contribution >= 0.6 is 0 Å². The molecule has 1 amide bonds. The molecule has 0 atom stereocenters. The van der Waals surface area contributed by atoms with Crippen LogP contribution in [0.2, 0.25) is 0 Å². The number of likely N-dealkylation sites (N-methyl/N-ethyl adjacent to an activating group) is 1. The van der Waals surface area contributed by atoms with E-state index in [1.54, 1.807) is 20.1 Å². The molecule has 8 heteroatoms. The summed E-state index contributed by atoms with van der Waals surface area (Å²) in [6, 6.07) is 3.18. The average molecular weight is 390 g/mol. The van der Waals surface area contributed by atoms with Crippen LogP contribution < -0.4 is 15.7 Å². The van der Waals surface area contributed by atoms with Crippen LogP contribution in [0.5, 0.6) is 5.75 Å². The van der Waals surface area contributed by atoms with E-state index in [-0.39, 0.29) is 29.0 Å². The summed E-state index contributed by atoms with van der Waals surface area (Å²) in [7, 11) is 5.38. The van der Waals surface area contributed by atoms with Gasteiger partial charge in [-0.1, -0.05) is 0 Å². The number of methoxy groups -OCH3 is 1. The van der Waals surface area contributed by atoms with Gasteiger partial charge in [-0.25, -0.2) is 4.79 Å². The first-order valence-corrected chi connectivity index (χ1v) is 8.96. The van der Waals surface area contributed by atoms with E-state index in [1.165, 1.54) is 6.07 Å². The average Bonchev–Trinajstić information content (AvgIpc) is 2.64. The van der Waals surface area contributed by atoms with Crippen molar-refractivity contribution in [1.29, 1.82) is 0 Å². The van der Waals surface area contributed by atoms with Crippen LogP contribution in [0.3, 0.4) is 0 Å². The minimum absolute atomic E-state index is 0.111. The Balaban J connectivity index is 2.41. The summed E-state index contributed by atoms with van der Waals surface area (Å²) in [5, 5.41) is 3.29. The maximum atomic E-state index is 12.5. The van der Waals surface area contributed by atoms with Gasteiger partial charge in [-0.05, 0) is 38.7 Å². The minimum atomic E-state index is -0.634. The van der Waals surface area contributed by atoms with Crippen molar-refractivity contribution in [1.82, 2.24) is 10.2 Å². The molecule has 0 radical (unpaired) electrons. The second-order valence-electron chi connectivity index (χ2n) is 6.64. The summed E-state index contributed by atoms with van der Waals surface area (Å²) in [6.45, 7) is 3.57. The summed E-state index contributed by atoms with van der Waals surface area (Å²) in [4.78, 5) is 38.0. The SMILES string of the molecule is COCCOc1ccc(C=O)c2oc(=O)c(CC(=O)NCCN(C)C)c(C)c12. The number of hydrogen-bond donors (Lipinski definition) is 1. The number of nitrogens with zero attached hydrogens (tertiary/aromatic N) is 1. The smallest absolute Gasteiger partial charge is 0.340 e. The van der Waals surface area contributed by atoms with Gasteiger partial charge in [0.15, 0.2) is 11.9 Å². The summed E-state index contributed by atoms with van der Waals surface area (Å²) < 4.78 is 16.1. The molecule has 1 N–H and O–H groups in total. The van der Waals surface area contributed by atoms with Crippen molar-refractivity contribution < 1.29 is 23.5 Å². The second kappa shape index (κ2) is 10.0. The van der Waals surface area contributed by atoms with Gasteiger partial charge in [0.1, 0.15) is 12.4 Å². The van der Waals surface area contributed by atoms with Crippen molar-refractivity contribution in [2.45, 2.75) is 13.3 Å². The number of carbonyl (C=O) groups is 2. The molecule has 0 unspecified atom stereocenters. The Hall–Kier alpha value is -2.71. The number of benzene rings is 1. The van der Waals surface area contributed by atoms with E-state index in [9.17, 15) is 14.4 Å². The molecule has 0 bridgehead atoms. The lowest BCUT2D eigenvalue weighted by Crippen LogP contribution is -2.33. The Bertz CT molecular complexity index is 904. The standard InChI is InChI=1S/C20H26N2O6/c1-13-15(11-17(24)21-7-8-22(2)3)20(25)28-19-14(12-23)5-6-16(18(13)19)27-10-9-26-4/h5-6,12H,7-11H2,1-4H3,(H,21,24). The molecule has 1 heterocycles. The largest absolute Gasteiger partial charge is 0.490 e. The highest BCUT2D eigenvalue weighted by Gasteiger charge is 2.19. The highest BCUT2D eigenvalue weighted by Crippen LogP contribution is 2.31. The lowest BCUT2D eigenvalue weighted by molar-refractivity contribution is -0.120. The molecule has 0 spiro atoms. The fraction of sp³-hybridized carbons (Fsp3) is 0.450. The number of amides is 1. The molecule has 2 aromatic rings. The molecule has 1 aromatic heterocycles. The highest BCUT2D eigenvalue weighted by molar-refractivity contribution is 5.99. The van der Waals surface area contributed by atoms with Crippen LogP contribution in [0.4, 0.5) is 0 Å². The Labute approximate surface area is 163 Å². The molecule has 152 valence electrons. The second-order valence-corrected chi connectivity index (χ2v) is 6.64. The van der Waals surface area contributed by atoms with Crippen LogP contribution in [0, 0.1) is 6.92 Å². The fourth-order valence-corrected chi connectivity index (χ4v) is 2.80. The number of aldehydes is 1. The van der Waals surface area contributed by atoms with E-state index in [1.807, 2.05) is 19.0 Å². The molecule has 0 saturated heterocycles. The van der Waals surface area contributed by atoms with Gasteiger partial charge in [0.05, 0.1) is 29.5 Å². The van der Waals surface area contributed by atoms with Gasteiger partial charge < -0.3 is 24.1 Å². The topological polar surface area (TPSA) is 98.1 Å². The predicted molar refractivity (Wildman–Crippen MR) is 105 cm³/mol. The minimum Gasteiger partial charge on any atom is -0.490 e. The van der Waals surface area contributed by atoms with Crippen molar-refractivity contribution in [2.24, 2.45) is 0 Å². The number of ether oxygens (including phenoxy) is 2. The Morgan fingerprint density at radius 1 is 1.29 bits per heavy atom. The van der Waals surface area contributed by atoms with Gasteiger partial charge in [0.25, 0.3) is 0 Å². The molecular weight excluding hydrogens is 364 g/mol. The molecule has 0 aliphatic heterocycles. The Morgan fingerprint density at radius 3 is 2.68 bits per heavy atom. The van der Waals surface area contributed by atoms with Gasteiger partial charge in [0.2, 0.25) is 5.91 Å². The summed E-state index contributed by atoms with van der Waals surface area (Å²) in [6.07, 6.45) is 0.512. The molecule has 0 saturated carbocycles. The van der Waals surface area contributed by atoms with E-state index in [2.05, 4.69) is 5.32 Å². The van der Waals surface area contributed by atoms with Gasteiger partial charge in [-0.15, -0.1) is 0 Å². The first kappa shape index (κ1) is 21.6. The monoisotopic (exact) mass is 390 g/mol. The number of nitrogens with one attached hydrogen (secondary N) is 1. The number of carbonyl (C=O) groups excluding carboxylic acids is 2. The predicted octanol–water partition coefficient (Wildman–Crippen LogP) is 1.16. The molecule has 0 aliphatic rings.